The van der Waals surface area contributed by atoms with Crippen molar-refractivity contribution in [1.29, 1.82) is 0 Å². The quantitative estimate of drug-likeness (QED) is 0.631. The van der Waals surface area contributed by atoms with E-state index in [0.29, 0.717) is 35.9 Å². The van der Waals surface area contributed by atoms with Gasteiger partial charge in [-0.2, -0.15) is 10.1 Å². The number of benzene rings is 2. The van der Waals surface area contributed by atoms with Crippen molar-refractivity contribution in [1.82, 2.24) is 0 Å². The van der Waals surface area contributed by atoms with Crippen LogP contribution < -0.4 is 9.75 Å². The number of amides is 1. The first-order valence-corrected chi connectivity index (χ1v) is 9.96. The molecule has 1 fully saturated rings. The summed E-state index contributed by atoms with van der Waals surface area (Å²) in [6, 6.07) is 12.6. The molecule has 2 aromatic rings. The van der Waals surface area contributed by atoms with E-state index >= 15 is 0 Å². The van der Waals surface area contributed by atoms with Gasteiger partial charge in [0.1, 0.15) is 17.8 Å². The van der Waals surface area contributed by atoms with Crippen LogP contribution in [0.5, 0.6) is 5.75 Å². The highest BCUT2D eigenvalue weighted by atomic mass is 19.3. The minimum Gasteiger partial charge on any atom is -0.486 e. The number of hydrazone groups is 1. The van der Waals surface area contributed by atoms with E-state index in [1.807, 2.05) is 0 Å². The fraction of sp³-hybridized carbons (Fsp3) is 0.348. The summed E-state index contributed by atoms with van der Waals surface area (Å²) in [5.41, 5.74) is 1.16. The highest BCUT2D eigenvalue weighted by Crippen LogP contribution is 2.30. The van der Waals surface area contributed by atoms with Crippen molar-refractivity contribution in [3.05, 3.63) is 59.7 Å². The second kappa shape index (κ2) is 8.19. The SMILES string of the molecule is CC1=NN(c2ccc(OC3COC3)cc2)C(=O)C1C(=O)Cc1cccc(C(C)(F)F)c1. The number of nitrogens with zero attached hydrogens (tertiary/aromatic N) is 2. The van der Waals surface area contributed by atoms with Gasteiger partial charge in [-0.25, -0.2) is 8.78 Å². The van der Waals surface area contributed by atoms with Crippen molar-refractivity contribution in [2.45, 2.75) is 32.3 Å². The Morgan fingerprint density at radius 2 is 1.94 bits per heavy atom. The lowest BCUT2D eigenvalue weighted by Crippen LogP contribution is -2.38. The Labute approximate surface area is 178 Å². The molecule has 0 saturated carbocycles. The average Bonchev–Trinajstić information content (AvgIpc) is 2.99. The number of Topliss-reactive ketones (excluding diaryl/α,β-unsaturated/α-hetero) is 1. The van der Waals surface area contributed by atoms with Crippen LogP contribution in [0.4, 0.5) is 14.5 Å². The zero-order chi connectivity index (χ0) is 22.2. The van der Waals surface area contributed by atoms with Crippen LogP contribution in [0.3, 0.4) is 0 Å². The second-order valence-corrected chi connectivity index (χ2v) is 7.83. The molecule has 2 aliphatic rings. The Hall–Kier alpha value is -3.13. The Balaban J connectivity index is 1.45. The van der Waals surface area contributed by atoms with Crippen LogP contribution in [0.25, 0.3) is 0 Å². The number of hydrogen-bond donors (Lipinski definition) is 0. The Morgan fingerprint density at radius 3 is 2.55 bits per heavy atom. The number of halogens is 2. The summed E-state index contributed by atoms with van der Waals surface area (Å²) in [6.07, 6.45) is -0.0928. The summed E-state index contributed by atoms with van der Waals surface area (Å²) < 4.78 is 37.9. The molecule has 162 valence electrons. The number of alkyl halides is 2. The van der Waals surface area contributed by atoms with Gasteiger partial charge in [-0.3, -0.25) is 9.59 Å². The van der Waals surface area contributed by atoms with E-state index in [-0.39, 0.29) is 23.9 Å². The van der Waals surface area contributed by atoms with E-state index in [0.717, 1.165) is 6.92 Å². The van der Waals surface area contributed by atoms with Gasteiger partial charge < -0.3 is 9.47 Å². The Bertz CT molecular complexity index is 1030. The number of rotatable bonds is 7. The molecule has 0 aliphatic carbocycles. The zero-order valence-electron chi connectivity index (χ0n) is 17.2. The summed E-state index contributed by atoms with van der Waals surface area (Å²) >= 11 is 0. The molecule has 2 heterocycles. The fourth-order valence-corrected chi connectivity index (χ4v) is 3.52. The standard InChI is InChI=1S/C23H22F2N2O4/c1-14-21(20(28)11-15-4-3-5-16(10-15)23(2,24)25)22(29)27(26-14)17-6-8-18(9-7-17)31-19-12-30-13-19/h3-10,19,21H,11-13H2,1-2H3. The van der Waals surface area contributed by atoms with Gasteiger partial charge in [0, 0.05) is 18.9 Å². The third kappa shape index (κ3) is 4.49. The van der Waals surface area contributed by atoms with E-state index in [2.05, 4.69) is 5.10 Å². The molecule has 8 heteroatoms. The van der Waals surface area contributed by atoms with Crippen LogP contribution in [0.1, 0.15) is 25.0 Å². The van der Waals surface area contributed by atoms with Gasteiger partial charge in [0.2, 0.25) is 0 Å². The smallest absolute Gasteiger partial charge is 0.270 e. The largest absolute Gasteiger partial charge is 0.486 e. The molecular weight excluding hydrogens is 406 g/mol. The van der Waals surface area contributed by atoms with Gasteiger partial charge in [-0.15, -0.1) is 0 Å². The van der Waals surface area contributed by atoms with Gasteiger partial charge in [-0.05, 0) is 42.8 Å². The first-order chi connectivity index (χ1) is 14.7. The van der Waals surface area contributed by atoms with E-state index in [9.17, 15) is 18.4 Å². The van der Waals surface area contributed by atoms with Gasteiger partial charge in [-0.1, -0.05) is 18.2 Å². The molecule has 2 aliphatic heterocycles. The van der Waals surface area contributed by atoms with Crippen molar-refractivity contribution >= 4 is 23.1 Å². The van der Waals surface area contributed by atoms with Crippen molar-refractivity contribution in [2.75, 3.05) is 18.2 Å². The van der Waals surface area contributed by atoms with Crippen LogP contribution in [0.2, 0.25) is 0 Å². The average molecular weight is 428 g/mol. The molecule has 0 radical (unpaired) electrons. The number of ketones is 1. The summed E-state index contributed by atoms with van der Waals surface area (Å²) in [4.78, 5) is 25.8. The van der Waals surface area contributed by atoms with Crippen molar-refractivity contribution in [2.24, 2.45) is 11.0 Å². The molecule has 0 bridgehead atoms. The number of carbonyl (C=O) groups is 2. The number of carbonyl (C=O) groups excluding carboxylic acids is 2. The number of anilines is 1. The third-order valence-corrected chi connectivity index (χ3v) is 5.26. The molecule has 6 nitrogen and oxygen atoms in total. The summed E-state index contributed by atoms with van der Waals surface area (Å²) in [6.45, 7) is 3.53. The maximum Gasteiger partial charge on any atom is 0.270 e. The van der Waals surface area contributed by atoms with Gasteiger partial charge in [0.05, 0.1) is 24.6 Å². The molecule has 1 amide bonds. The Kier molecular flexibility index (Phi) is 5.58. The van der Waals surface area contributed by atoms with Crippen molar-refractivity contribution in [3.63, 3.8) is 0 Å². The molecular formula is C23H22F2N2O4. The predicted octanol–water partition coefficient (Wildman–Crippen LogP) is 3.73. The van der Waals surface area contributed by atoms with Crippen LogP contribution in [0.15, 0.2) is 53.6 Å². The lowest BCUT2D eigenvalue weighted by atomic mass is 9.93. The monoisotopic (exact) mass is 428 g/mol. The van der Waals surface area contributed by atoms with Gasteiger partial charge >= 0.3 is 0 Å². The molecule has 0 aromatic heterocycles. The maximum atomic E-state index is 13.6. The fourth-order valence-electron chi connectivity index (χ4n) is 3.52. The lowest BCUT2D eigenvalue weighted by Gasteiger charge is -2.26. The summed E-state index contributed by atoms with van der Waals surface area (Å²) in [7, 11) is 0. The van der Waals surface area contributed by atoms with Crippen LogP contribution in [-0.2, 0) is 26.7 Å². The predicted molar refractivity (Wildman–Crippen MR) is 110 cm³/mol. The normalized spacial score (nSPS) is 19.2. The minimum absolute atomic E-state index is 0.0349. The van der Waals surface area contributed by atoms with Crippen molar-refractivity contribution in [3.8, 4) is 5.75 Å². The summed E-state index contributed by atoms with van der Waals surface area (Å²) in [5, 5.41) is 5.46. The van der Waals surface area contributed by atoms with Crippen LogP contribution in [-0.4, -0.2) is 36.7 Å². The van der Waals surface area contributed by atoms with E-state index < -0.39 is 17.7 Å². The first-order valence-electron chi connectivity index (χ1n) is 9.96. The van der Waals surface area contributed by atoms with Gasteiger partial charge in [0.15, 0.2) is 5.78 Å². The zero-order valence-corrected chi connectivity index (χ0v) is 17.2. The van der Waals surface area contributed by atoms with E-state index in [1.54, 1.807) is 37.3 Å². The second-order valence-electron chi connectivity index (χ2n) is 7.83. The molecule has 1 unspecified atom stereocenters. The molecule has 4 rings (SSSR count). The lowest BCUT2D eigenvalue weighted by molar-refractivity contribution is -0.128. The molecule has 1 saturated heterocycles. The first kappa shape index (κ1) is 21.1. The topological polar surface area (TPSA) is 68.2 Å². The van der Waals surface area contributed by atoms with Crippen molar-refractivity contribution < 1.29 is 27.8 Å². The van der Waals surface area contributed by atoms with E-state index in [1.165, 1.54) is 23.2 Å². The minimum atomic E-state index is -3.00. The molecule has 2 aromatic carbocycles. The summed E-state index contributed by atoms with van der Waals surface area (Å²) in [5.74, 6) is -4.22. The maximum absolute atomic E-state index is 13.6. The highest BCUT2D eigenvalue weighted by Gasteiger charge is 2.39. The van der Waals surface area contributed by atoms with Crippen LogP contribution in [0, 0.1) is 5.92 Å². The molecule has 31 heavy (non-hydrogen) atoms. The Morgan fingerprint density at radius 1 is 1.23 bits per heavy atom. The molecule has 0 spiro atoms. The molecule has 1 atom stereocenters. The van der Waals surface area contributed by atoms with E-state index in [4.69, 9.17) is 9.47 Å². The number of ether oxygens (including phenoxy) is 2. The molecule has 0 N–H and O–H groups in total. The highest BCUT2D eigenvalue weighted by molar-refractivity contribution is 6.27. The van der Waals surface area contributed by atoms with Gasteiger partial charge in [0.25, 0.3) is 11.8 Å². The van der Waals surface area contributed by atoms with Crippen LogP contribution >= 0.6 is 0 Å². The third-order valence-electron chi connectivity index (χ3n) is 5.26. The number of hydrogen-bond acceptors (Lipinski definition) is 5.